The average Bonchev–Trinajstić information content (AvgIpc) is 2.48. The summed E-state index contributed by atoms with van der Waals surface area (Å²) in [5.41, 5.74) is 0.407. The van der Waals surface area contributed by atoms with Crippen LogP contribution in [0.5, 0.6) is 5.75 Å². The molecule has 0 unspecified atom stereocenters. The summed E-state index contributed by atoms with van der Waals surface area (Å²) in [5, 5.41) is 27.4. The quantitative estimate of drug-likeness (QED) is 0.449. The smallest absolute Gasteiger partial charge is 0.270 e. The Labute approximate surface area is 135 Å². The summed E-state index contributed by atoms with van der Waals surface area (Å²) < 4.78 is 0. The van der Waals surface area contributed by atoms with Crippen LogP contribution in [0.25, 0.3) is 0 Å². The highest BCUT2D eigenvalue weighted by Crippen LogP contribution is 2.24. The van der Waals surface area contributed by atoms with Gasteiger partial charge in [-0.3, -0.25) is 10.1 Å². The van der Waals surface area contributed by atoms with Crippen molar-refractivity contribution in [3.63, 3.8) is 0 Å². The number of phenols is 1. The van der Waals surface area contributed by atoms with Gasteiger partial charge >= 0.3 is 0 Å². The van der Waals surface area contributed by atoms with Gasteiger partial charge in [-0.1, -0.05) is 19.8 Å². The molecule has 0 amide bonds. The van der Waals surface area contributed by atoms with E-state index in [9.17, 15) is 15.2 Å². The van der Waals surface area contributed by atoms with Crippen LogP contribution in [0.2, 0.25) is 0 Å². The minimum atomic E-state index is -0.483. The zero-order valence-electron chi connectivity index (χ0n) is 12.5. The van der Waals surface area contributed by atoms with E-state index in [2.05, 4.69) is 17.6 Å². The van der Waals surface area contributed by atoms with E-state index in [0.717, 1.165) is 6.42 Å². The summed E-state index contributed by atoms with van der Waals surface area (Å²) in [6.45, 7) is 2.46. The minimum absolute atomic E-state index is 0.0203. The Kier molecular flexibility index (Phi) is 5.54. The molecule has 1 aliphatic carbocycles. The highest BCUT2D eigenvalue weighted by molar-refractivity contribution is 7.80. The number of nitro benzene ring substituents is 1. The first-order chi connectivity index (χ1) is 10.5. The zero-order chi connectivity index (χ0) is 16.1. The lowest BCUT2D eigenvalue weighted by Gasteiger charge is -2.30. The van der Waals surface area contributed by atoms with E-state index >= 15 is 0 Å². The Morgan fingerprint density at radius 1 is 1.45 bits per heavy atom. The molecule has 0 heterocycles. The van der Waals surface area contributed by atoms with E-state index in [0.29, 0.717) is 22.6 Å². The lowest BCUT2D eigenvalue weighted by molar-refractivity contribution is -0.384. The number of hydrogen-bond acceptors (Lipinski definition) is 4. The second kappa shape index (κ2) is 7.40. The van der Waals surface area contributed by atoms with Crippen LogP contribution in [0, 0.1) is 16.0 Å². The molecule has 1 aromatic rings. The number of hydrogen-bond donors (Lipinski definition) is 3. The molecule has 2 rings (SSSR count). The normalized spacial score (nSPS) is 21.1. The highest BCUT2D eigenvalue weighted by Gasteiger charge is 2.21. The first kappa shape index (κ1) is 16.5. The molecule has 2 atom stereocenters. The molecule has 22 heavy (non-hydrogen) atoms. The maximum absolute atomic E-state index is 10.8. The third-order valence-corrected chi connectivity index (χ3v) is 4.40. The van der Waals surface area contributed by atoms with E-state index in [1.807, 2.05) is 0 Å². The average molecular weight is 323 g/mol. The molecule has 0 saturated heterocycles. The molecule has 0 spiro atoms. The molecule has 1 aliphatic rings. The summed E-state index contributed by atoms with van der Waals surface area (Å²) in [4.78, 5) is 10.3. The maximum atomic E-state index is 10.8. The summed E-state index contributed by atoms with van der Waals surface area (Å²) in [7, 11) is 0. The number of rotatable bonds is 4. The second-order valence-corrected chi connectivity index (χ2v) is 6.17. The molecule has 6 nitrogen and oxygen atoms in total. The van der Waals surface area contributed by atoms with Crippen molar-refractivity contribution >= 4 is 23.0 Å². The Balaban J connectivity index is 1.90. The molecular weight excluding hydrogens is 302 g/mol. The van der Waals surface area contributed by atoms with Crippen molar-refractivity contribution in [3.05, 3.63) is 33.9 Å². The monoisotopic (exact) mass is 323 g/mol. The first-order valence-electron chi connectivity index (χ1n) is 7.48. The molecule has 3 N–H and O–H groups in total. The maximum Gasteiger partial charge on any atom is 0.270 e. The van der Waals surface area contributed by atoms with E-state index in [1.165, 1.54) is 37.5 Å². The number of nitro groups is 1. The second-order valence-electron chi connectivity index (χ2n) is 5.77. The Hall–Kier alpha value is -1.89. The fraction of sp³-hybridized carbons (Fsp3) is 0.533. The van der Waals surface area contributed by atoms with Crippen LogP contribution >= 0.6 is 12.2 Å². The van der Waals surface area contributed by atoms with Gasteiger partial charge in [-0.15, -0.1) is 0 Å². The number of thiocarbonyl (C=S) groups is 1. The zero-order valence-corrected chi connectivity index (χ0v) is 13.4. The van der Waals surface area contributed by atoms with E-state index in [1.54, 1.807) is 0 Å². The predicted molar refractivity (Wildman–Crippen MR) is 88.8 cm³/mol. The van der Waals surface area contributed by atoms with Crippen molar-refractivity contribution in [1.29, 1.82) is 0 Å². The largest absolute Gasteiger partial charge is 0.508 e. The molecule has 7 heteroatoms. The van der Waals surface area contributed by atoms with Crippen molar-refractivity contribution < 1.29 is 10.0 Å². The van der Waals surface area contributed by atoms with Crippen LogP contribution in [0.1, 0.15) is 38.2 Å². The number of benzene rings is 1. The summed E-state index contributed by atoms with van der Waals surface area (Å²) >= 11 is 5.28. The van der Waals surface area contributed by atoms with Gasteiger partial charge in [0.2, 0.25) is 0 Å². The van der Waals surface area contributed by atoms with Gasteiger partial charge in [-0.25, -0.2) is 0 Å². The molecule has 0 aromatic heterocycles. The van der Waals surface area contributed by atoms with Crippen molar-refractivity contribution in [2.45, 2.75) is 45.2 Å². The van der Waals surface area contributed by atoms with Gasteiger partial charge in [0.25, 0.3) is 5.69 Å². The Bertz CT molecular complexity index is 565. The number of non-ortho nitro benzene ring substituents is 1. The lowest BCUT2D eigenvalue weighted by Crippen LogP contribution is -2.45. The van der Waals surface area contributed by atoms with Gasteiger partial charge in [0.05, 0.1) is 4.92 Å². The predicted octanol–water partition coefficient (Wildman–Crippen LogP) is 2.84. The van der Waals surface area contributed by atoms with Crippen LogP contribution < -0.4 is 10.6 Å². The van der Waals surface area contributed by atoms with Crippen LogP contribution in [0.15, 0.2) is 18.2 Å². The number of aromatic hydroxyl groups is 1. The van der Waals surface area contributed by atoms with Crippen molar-refractivity contribution in [1.82, 2.24) is 10.6 Å². The van der Waals surface area contributed by atoms with Crippen LogP contribution in [-0.4, -0.2) is 21.2 Å². The number of nitrogens with one attached hydrogen (secondary N) is 2. The molecule has 120 valence electrons. The molecule has 1 saturated carbocycles. The highest BCUT2D eigenvalue weighted by atomic mass is 32.1. The Morgan fingerprint density at radius 2 is 2.18 bits per heavy atom. The molecule has 1 fully saturated rings. The van der Waals surface area contributed by atoms with Crippen molar-refractivity contribution in [3.8, 4) is 5.75 Å². The standard InChI is InChI=1S/C15H21N3O3S/c1-10-4-2-3-5-13(10)17-15(22)16-9-11-8-12(18(20)21)6-7-14(11)19/h6-8,10,13,19H,2-5,9H2,1H3,(H2,16,17,22)/t10-,13-/m1/s1. The van der Waals surface area contributed by atoms with E-state index in [-0.39, 0.29) is 18.0 Å². The molecular formula is C15H21N3O3S. The molecule has 0 bridgehead atoms. The topological polar surface area (TPSA) is 87.4 Å². The summed E-state index contributed by atoms with van der Waals surface area (Å²) in [6.07, 6.45) is 4.77. The molecule has 1 aromatic carbocycles. The minimum Gasteiger partial charge on any atom is -0.508 e. The van der Waals surface area contributed by atoms with Gasteiger partial charge in [0, 0.05) is 30.3 Å². The van der Waals surface area contributed by atoms with Crippen LogP contribution in [-0.2, 0) is 6.54 Å². The van der Waals surface area contributed by atoms with Crippen LogP contribution in [0.3, 0.4) is 0 Å². The van der Waals surface area contributed by atoms with Crippen LogP contribution in [0.4, 0.5) is 5.69 Å². The third kappa shape index (κ3) is 4.30. The SMILES string of the molecule is C[C@@H]1CCCC[C@H]1NC(=S)NCc1cc([N+](=O)[O-])ccc1O. The van der Waals surface area contributed by atoms with Gasteiger partial charge in [0.1, 0.15) is 5.75 Å². The van der Waals surface area contributed by atoms with Crippen molar-refractivity contribution in [2.24, 2.45) is 5.92 Å². The molecule has 0 radical (unpaired) electrons. The Morgan fingerprint density at radius 3 is 2.86 bits per heavy atom. The lowest BCUT2D eigenvalue weighted by atomic mass is 9.86. The van der Waals surface area contributed by atoms with Gasteiger partial charge in [0.15, 0.2) is 5.11 Å². The summed E-state index contributed by atoms with van der Waals surface area (Å²) in [5.74, 6) is 0.603. The van der Waals surface area contributed by atoms with Gasteiger partial charge < -0.3 is 15.7 Å². The summed E-state index contributed by atoms with van der Waals surface area (Å²) in [6, 6.07) is 4.33. The number of nitrogens with zero attached hydrogens (tertiary/aromatic N) is 1. The van der Waals surface area contributed by atoms with E-state index < -0.39 is 4.92 Å². The van der Waals surface area contributed by atoms with Gasteiger partial charge in [-0.2, -0.15) is 0 Å². The fourth-order valence-corrected chi connectivity index (χ4v) is 2.98. The van der Waals surface area contributed by atoms with Crippen molar-refractivity contribution in [2.75, 3.05) is 0 Å². The first-order valence-corrected chi connectivity index (χ1v) is 7.89. The van der Waals surface area contributed by atoms with Gasteiger partial charge in [-0.05, 0) is 37.0 Å². The molecule has 0 aliphatic heterocycles. The third-order valence-electron chi connectivity index (χ3n) is 4.14. The van der Waals surface area contributed by atoms with E-state index in [4.69, 9.17) is 12.2 Å². The fourth-order valence-electron chi connectivity index (χ4n) is 2.75. The number of phenolic OH excluding ortho intramolecular Hbond substituents is 1.